The van der Waals surface area contributed by atoms with Gasteiger partial charge in [0, 0.05) is 38.0 Å². The number of sulfonamides is 1. The molecule has 0 saturated carbocycles. The number of carbonyl (C=O) groups excluding carboxylic acids is 2. The number of carbonyl (C=O) groups is 2. The minimum absolute atomic E-state index is 0.149. The van der Waals surface area contributed by atoms with E-state index in [2.05, 4.69) is 10.3 Å². The van der Waals surface area contributed by atoms with Crippen LogP contribution in [-0.2, 0) is 16.2 Å². The molecule has 1 aromatic heterocycles. The lowest BCUT2D eigenvalue weighted by Gasteiger charge is -2.31. The van der Waals surface area contributed by atoms with Crippen molar-refractivity contribution in [2.45, 2.75) is 68.4 Å². The van der Waals surface area contributed by atoms with Gasteiger partial charge in [-0.2, -0.15) is 31.1 Å². The second-order valence-corrected chi connectivity index (χ2v) is 13.2. The van der Waals surface area contributed by atoms with Crippen LogP contribution in [0.3, 0.4) is 0 Å². The molecule has 3 N–H and O–H groups in total. The van der Waals surface area contributed by atoms with Crippen molar-refractivity contribution in [1.29, 1.82) is 0 Å². The molecular weight excluding hydrogens is 659 g/mol. The number of alkyl halides is 8. The minimum atomic E-state index is -5.71. The average molecular weight is 685 g/mol. The molecule has 1 aliphatic rings. The molecule has 1 saturated heterocycles. The van der Waals surface area contributed by atoms with Crippen LogP contribution in [0.2, 0.25) is 0 Å². The molecule has 246 valence electrons. The predicted octanol–water partition coefficient (Wildman–Crippen LogP) is 4.57. The van der Waals surface area contributed by atoms with Crippen molar-refractivity contribution in [3.8, 4) is 10.4 Å². The summed E-state index contributed by atoms with van der Waals surface area (Å²) in [5.74, 6) is -7.91. The van der Waals surface area contributed by atoms with Crippen LogP contribution in [0.5, 0.6) is 0 Å². The summed E-state index contributed by atoms with van der Waals surface area (Å²) in [6.07, 6.45) is -12.5. The van der Waals surface area contributed by atoms with Crippen LogP contribution in [0.15, 0.2) is 17.0 Å². The number of piperidine rings is 1. The Morgan fingerprint density at radius 1 is 1.11 bits per heavy atom. The normalized spacial score (nSPS) is 17.0. The summed E-state index contributed by atoms with van der Waals surface area (Å²) in [4.78, 5) is 28.1. The Morgan fingerprint density at radius 3 is 2.18 bits per heavy atom. The number of aliphatic hydroxyl groups is 1. The number of rotatable bonds is 8. The maximum Gasteiger partial charge on any atom is 0.419 e. The van der Waals surface area contributed by atoms with Gasteiger partial charge in [0.25, 0.3) is 17.7 Å². The lowest BCUT2D eigenvalue weighted by molar-refractivity contribution is -0.147. The van der Waals surface area contributed by atoms with Crippen LogP contribution < -0.4 is 10.0 Å². The predicted molar refractivity (Wildman–Crippen MR) is 137 cm³/mol. The highest BCUT2D eigenvalue weighted by Crippen LogP contribution is 2.44. The van der Waals surface area contributed by atoms with Gasteiger partial charge in [0.1, 0.15) is 22.2 Å². The van der Waals surface area contributed by atoms with Gasteiger partial charge in [-0.3, -0.25) is 9.59 Å². The summed E-state index contributed by atoms with van der Waals surface area (Å²) in [5, 5.41) is 11.4. The SMILES string of the molecule is C[C@H](NS(=O)(=O)c1ccc(-c2sc(C(=O)NCC(C)(C)O)nc2C(=O)N2CCC(F)(F)CC2)c(C(F)(F)F)c1F)C(F)(F)F. The summed E-state index contributed by atoms with van der Waals surface area (Å²) >= 11 is 0.149. The number of hydrogen-bond donors (Lipinski definition) is 3. The van der Waals surface area contributed by atoms with Crippen molar-refractivity contribution in [3.05, 3.63) is 34.2 Å². The number of aromatic nitrogens is 1. The van der Waals surface area contributed by atoms with E-state index >= 15 is 4.39 Å². The first-order chi connectivity index (χ1) is 19.8. The number of halogens is 9. The Kier molecular flexibility index (Phi) is 9.75. The smallest absolute Gasteiger partial charge is 0.389 e. The van der Waals surface area contributed by atoms with E-state index in [0.717, 1.165) is 9.62 Å². The molecule has 20 heteroatoms. The van der Waals surface area contributed by atoms with Gasteiger partial charge >= 0.3 is 12.4 Å². The summed E-state index contributed by atoms with van der Waals surface area (Å²) < 4.78 is 150. The van der Waals surface area contributed by atoms with E-state index in [1.54, 1.807) is 0 Å². The lowest BCUT2D eigenvalue weighted by atomic mass is 10.0. The van der Waals surface area contributed by atoms with E-state index in [9.17, 15) is 58.2 Å². The fourth-order valence-electron chi connectivity index (χ4n) is 3.90. The van der Waals surface area contributed by atoms with E-state index in [1.165, 1.54) is 13.8 Å². The Balaban J connectivity index is 2.21. The third-order valence-electron chi connectivity index (χ3n) is 6.23. The van der Waals surface area contributed by atoms with Gasteiger partial charge in [-0.15, -0.1) is 11.3 Å². The number of likely N-dealkylation sites (tertiary alicyclic amines) is 1. The third-order valence-corrected chi connectivity index (χ3v) is 8.88. The van der Waals surface area contributed by atoms with Gasteiger partial charge < -0.3 is 15.3 Å². The van der Waals surface area contributed by atoms with Gasteiger partial charge in [-0.25, -0.2) is 26.6 Å². The van der Waals surface area contributed by atoms with Gasteiger partial charge in [0.15, 0.2) is 10.8 Å². The monoisotopic (exact) mass is 684 g/mol. The zero-order chi connectivity index (χ0) is 33.6. The third kappa shape index (κ3) is 8.19. The van der Waals surface area contributed by atoms with Crippen LogP contribution in [0.25, 0.3) is 10.4 Å². The first-order valence-corrected chi connectivity index (χ1v) is 14.8. The lowest BCUT2D eigenvalue weighted by Crippen LogP contribution is -2.43. The zero-order valence-corrected chi connectivity index (χ0v) is 24.6. The fourth-order valence-corrected chi connectivity index (χ4v) is 6.21. The highest BCUT2D eigenvalue weighted by Gasteiger charge is 2.44. The second-order valence-electron chi connectivity index (χ2n) is 10.5. The highest BCUT2D eigenvalue weighted by molar-refractivity contribution is 7.89. The molecule has 0 aliphatic carbocycles. The van der Waals surface area contributed by atoms with E-state index in [4.69, 9.17) is 0 Å². The number of amides is 2. The molecule has 0 spiro atoms. The Bertz CT molecular complexity index is 1520. The number of hydrogen-bond acceptors (Lipinski definition) is 7. The molecule has 1 aliphatic heterocycles. The fraction of sp³-hybridized carbons (Fsp3) is 0.542. The van der Waals surface area contributed by atoms with Crippen LogP contribution in [-0.4, -0.2) is 78.6 Å². The molecule has 1 aromatic carbocycles. The van der Waals surface area contributed by atoms with E-state index in [1.807, 2.05) is 0 Å². The van der Waals surface area contributed by atoms with Crippen molar-refractivity contribution in [2.75, 3.05) is 19.6 Å². The molecule has 2 amide bonds. The Labute approximate surface area is 248 Å². The quantitative estimate of drug-likeness (QED) is 0.350. The molecule has 2 heterocycles. The largest absolute Gasteiger partial charge is 0.419 e. The molecule has 0 bridgehead atoms. The van der Waals surface area contributed by atoms with Crippen LogP contribution in [0.1, 0.15) is 59.5 Å². The maximum atomic E-state index is 15.4. The summed E-state index contributed by atoms with van der Waals surface area (Å²) in [6.45, 7) is 1.46. The molecule has 9 nitrogen and oxygen atoms in total. The summed E-state index contributed by atoms with van der Waals surface area (Å²) in [5.41, 5.74) is -5.83. The van der Waals surface area contributed by atoms with E-state index in [0.29, 0.717) is 13.0 Å². The minimum Gasteiger partial charge on any atom is -0.389 e. The average Bonchev–Trinajstić information content (AvgIpc) is 3.30. The first-order valence-electron chi connectivity index (χ1n) is 12.5. The van der Waals surface area contributed by atoms with E-state index in [-0.39, 0.29) is 23.9 Å². The van der Waals surface area contributed by atoms with Crippen molar-refractivity contribution in [2.24, 2.45) is 0 Å². The molecule has 0 radical (unpaired) electrons. The molecule has 1 fully saturated rings. The molecule has 3 rings (SSSR count). The zero-order valence-electron chi connectivity index (χ0n) is 23.0. The Hall–Kier alpha value is -2.97. The van der Waals surface area contributed by atoms with Gasteiger partial charge in [0.05, 0.1) is 10.5 Å². The number of nitrogens with zero attached hydrogens (tertiary/aromatic N) is 2. The van der Waals surface area contributed by atoms with Crippen LogP contribution in [0.4, 0.5) is 39.5 Å². The van der Waals surface area contributed by atoms with E-state index < -0.39 is 115 Å². The second kappa shape index (κ2) is 12.1. The molecule has 0 unspecified atom stereocenters. The van der Waals surface area contributed by atoms with Crippen molar-refractivity contribution in [1.82, 2.24) is 19.9 Å². The van der Waals surface area contributed by atoms with Crippen molar-refractivity contribution >= 4 is 33.2 Å². The standard InChI is InChI=1S/C24H25F9N4O5S2/c1-11(23(28,29)30)36-44(41,42)13-5-4-12(14(15(13)25)24(31,32)33)17-16(20(39)37-8-6-22(26,27)7-9-37)35-19(43-17)18(38)34-10-21(2,3)40/h4-5,11,36,40H,6-10H2,1-3H3,(H,34,38)/t11-/m0/s1. The molecule has 2 aromatic rings. The molecule has 44 heavy (non-hydrogen) atoms. The van der Waals surface area contributed by atoms with Crippen LogP contribution in [0, 0.1) is 5.82 Å². The van der Waals surface area contributed by atoms with Crippen molar-refractivity contribution in [3.63, 3.8) is 0 Å². The number of benzene rings is 1. The van der Waals surface area contributed by atoms with Crippen molar-refractivity contribution < 1.29 is 62.6 Å². The maximum absolute atomic E-state index is 15.4. The Morgan fingerprint density at radius 2 is 1.68 bits per heavy atom. The van der Waals surface area contributed by atoms with Gasteiger partial charge in [-0.1, -0.05) is 6.07 Å². The molecular formula is C24H25F9N4O5S2. The molecule has 1 atom stereocenters. The number of nitrogens with one attached hydrogen (secondary N) is 2. The summed E-state index contributed by atoms with van der Waals surface area (Å²) in [6, 6.07) is -2.19. The first kappa shape index (κ1) is 35.5. The highest BCUT2D eigenvalue weighted by atomic mass is 32.2. The van der Waals surface area contributed by atoms with Gasteiger partial charge in [0.2, 0.25) is 10.0 Å². The topological polar surface area (TPSA) is 129 Å². The summed E-state index contributed by atoms with van der Waals surface area (Å²) in [7, 11) is -5.53. The number of thiazole rings is 1. The van der Waals surface area contributed by atoms with Gasteiger partial charge in [-0.05, 0) is 26.8 Å². The van der Waals surface area contributed by atoms with Crippen LogP contribution >= 0.6 is 11.3 Å².